The van der Waals surface area contributed by atoms with E-state index in [4.69, 9.17) is 0 Å². The molecule has 0 saturated heterocycles. The fraction of sp³-hybridized carbons (Fsp3) is 0.158. The topological polar surface area (TPSA) is 79.5 Å². The highest BCUT2D eigenvalue weighted by atomic mass is 16.4. The van der Waals surface area contributed by atoms with Crippen molar-refractivity contribution in [2.45, 2.75) is 18.9 Å². The second-order valence-corrected chi connectivity index (χ2v) is 6.09. The molecule has 5 heteroatoms. The Labute approximate surface area is 137 Å². The van der Waals surface area contributed by atoms with Gasteiger partial charge in [0.15, 0.2) is 0 Å². The number of carboxylic acids is 1. The lowest BCUT2D eigenvalue weighted by Crippen LogP contribution is -2.18. The lowest BCUT2D eigenvalue weighted by atomic mass is 10.0. The summed E-state index contributed by atoms with van der Waals surface area (Å²) in [5.41, 5.74) is 1.95. The van der Waals surface area contributed by atoms with Crippen LogP contribution in [0.4, 0.5) is 0 Å². The van der Waals surface area contributed by atoms with Gasteiger partial charge in [-0.15, -0.1) is 0 Å². The highest BCUT2D eigenvalue weighted by molar-refractivity contribution is 5.94. The maximum Gasteiger partial charge on any atom is 0.341 e. The van der Waals surface area contributed by atoms with E-state index in [1.54, 1.807) is 24.3 Å². The largest absolute Gasteiger partial charge is 0.508 e. The second kappa shape index (κ2) is 5.23. The predicted octanol–water partition coefficient (Wildman–Crippen LogP) is 3.41. The minimum absolute atomic E-state index is 0.188. The van der Waals surface area contributed by atoms with Gasteiger partial charge in [0.1, 0.15) is 11.3 Å². The summed E-state index contributed by atoms with van der Waals surface area (Å²) in [5, 5.41) is 19.1. The Balaban J connectivity index is 1.97. The molecule has 120 valence electrons. The number of fused-ring (bicyclic) bond motifs is 1. The van der Waals surface area contributed by atoms with Gasteiger partial charge in [-0.2, -0.15) is 0 Å². The molecule has 2 N–H and O–H groups in total. The molecule has 1 aliphatic carbocycles. The van der Waals surface area contributed by atoms with Crippen LogP contribution in [0.1, 0.15) is 29.2 Å². The van der Waals surface area contributed by atoms with Gasteiger partial charge in [0.05, 0.1) is 5.52 Å². The van der Waals surface area contributed by atoms with Crippen LogP contribution < -0.4 is 5.43 Å². The zero-order valence-corrected chi connectivity index (χ0v) is 12.8. The first kappa shape index (κ1) is 14.5. The number of aromatic nitrogens is 1. The summed E-state index contributed by atoms with van der Waals surface area (Å²) in [4.78, 5) is 23.8. The second-order valence-electron chi connectivity index (χ2n) is 6.09. The first-order chi connectivity index (χ1) is 11.5. The van der Waals surface area contributed by atoms with Crippen LogP contribution in [-0.2, 0) is 0 Å². The molecular weight excluding hydrogens is 306 g/mol. The van der Waals surface area contributed by atoms with Crippen molar-refractivity contribution in [1.82, 2.24) is 4.57 Å². The summed E-state index contributed by atoms with van der Waals surface area (Å²) in [5.74, 6) is -1.00. The van der Waals surface area contributed by atoms with Crippen LogP contribution in [0.15, 0.2) is 53.5 Å². The van der Waals surface area contributed by atoms with Crippen molar-refractivity contribution >= 4 is 16.9 Å². The molecule has 24 heavy (non-hydrogen) atoms. The lowest BCUT2D eigenvalue weighted by molar-refractivity contribution is 0.0695. The molecule has 3 aromatic rings. The van der Waals surface area contributed by atoms with Crippen molar-refractivity contribution in [3.8, 4) is 16.9 Å². The van der Waals surface area contributed by atoms with E-state index in [-0.39, 0.29) is 17.4 Å². The number of aromatic hydroxyl groups is 1. The molecule has 0 unspecified atom stereocenters. The van der Waals surface area contributed by atoms with E-state index in [1.807, 2.05) is 22.8 Å². The molecule has 0 amide bonds. The third-order valence-corrected chi connectivity index (χ3v) is 4.40. The molecule has 0 radical (unpaired) electrons. The number of phenols is 1. The maximum absolute atomic E-state index is 12.4. The van der Waals surface area contributed by atoms with Crippen LogP contribution in [0.2, 0.25) is 0 Å². The van der Waals surface area contributed by atoms with E-state index in [2.05, 4.69) is 0 Å². The number of rotatable bonds is 3. The molecule has 1 saturated carbocycles. The van der Waals surface area contributed by atoms with Gasteiger partial charge >= 0.3 is 5.97 Å². The average molecular weight is 321 g/mol. The maximum atomic E-state index is 12.4. The molecule has 5 nitrogen and oxygen atoms in total. The Morgan fingerprint density at radius 2 is 1.71 bits per heavy atom. The zero-order valence-electron chi connectivity index (χ0n) is 12.8. The van der Waals surface area contributed by atoms with Crippen molar-refractivity contribution in [1.29, 1.82) is 0 Å². The van der Waals surface area contributed by atoms with E-state index in [9.17, 15) is 19.8 Å². The zero-order chi connectivity index (χ0) is 16.8. The van der Waals surface area contributed by atoms with Crippen molar-refractivity contribution < 1.29 is 15.0 Å². The number of pyridine rings is 1. The summed E-state index contributed by atoms with van der Waals surface area (Å²) >= 11 is 0. The van der Waals surface area contributed by atoms with Crippen molar-refractivity contribution in [2.24, 2.45) is 0 Å². The molecule has 2 aromatic carbocycles. The van der Waals surface area contributed by atoms with E-state index >= 15 is 0 Å². The SMILES string of the molecule is O=C(O)c1cn(C2CC2)c2cc(-c3ccc(O)cc3)ccc2c1=O. The number of aromatic carboxylic acids is 1. The summed E-state index contributed by atoms with van der Waals surface area (Å²) in [6, 6.07) is 12.5. The van der Waals surface area contributed by atoms with E-state index in [0.717, 1.165) is 29.5 Å². The third kappa shape index (κ3) is 2.34. The van der Waals surface area contributed by atoms with Gasteiger partial charge in [0, 0.05) is 17.6 Å². The molecule has 0 aliphatic heterocycles. The Morgan fingerprint density at radius 3 is 2.33 bits per heavy atom. The highest BCUT2D eigenvalue weighted by Crippen LogP contribution is 2.37. The molecule has 1 heterocycles. The van der Waals surface area contributed by atoms with Crippen LogP contribution >= 0.6 is 0 Å². The minimum Gasteiger partial charge on any atom is -0.508 e. The smallest absolute Gasteiger partial charge is 0.341 e. The van der Waals surface area contributed by atoms with Crippen molar-refractivity contribution in [3.05, 3.63) is 64.4 Å². The molecule has 0 atom stereocenters. The predicted molar refractivity (Wildman–Crippen MR) is 90.5 cm³/mol. The van der Waals surface area contributed by atoms with Gasteiger partial charge in [0.25, 0.3) is 0 Å². The number of benzene rings is 2. The number of phenolic OH excluding ortho intramolecular Hbond substituents is 1. The lowest BCUT2D eigenvalue weighted by Gasteiger charge is -2.13. The molecule has 0 bridgehead atoms. The van der Waals surface area contributed by atoms with Crippen molar-refractivity contribution in [2.75, 3.05) is 0 Å². The summed E-state index contributed by atoms with van der Waals surface area (Å²) in [7, 11) is 0. The number of carbonyl (C=O) groups is 1. The minimum atomic E-state index is -1.20. The van der Waals surface area contributed by atoms with E-state index in [1.165, 1.54) is 6.20 Å². The van der Waals surface area contributed by atoms with Gasteiger partial charge in [0.2, 0.25) is 5.43 Å². The first-order valence-corrected chi connectivity index (χ1v) is 7.76. The first-order valence-electron chi connectivity index (χ1n) is 7.76. The summed E-state index contributed by atoms with van der Waals surface area (Å²) < 4.78 is 1.91. The number of hydrogen-bond acceptors (Lipinski definition) is 3. The Hall–Kier alpha value is -3.08. The molecular formula is C19H15NO4. The molecule has 4 rings (SSSR count). The average Bonchev–Trinajstić information content (AvgIpc) is 3.40. The van der Waals surface area contributed by atoms with Gasteiger partial charge < -0.3 is 14.8 Å². The number of hydrogen-bond donors (Lipinski definition) is 2. The summed E-state index contributed by atoms with van der Waals surface area (Å²) in [6.07, 6.45) is 3.44. The number of nitrogens with zero attached hydrogens (tertiary/aromatic N) is 1. The molecule has 1 fully saturated rings. The molecule has 1 aliphatic rings. The Morgan fingerprint density at radius 1 is 1.04 bits per heavy atom. The van der Waals surface area contributed by atoms with Gasteiger partial charge in [-0.25, -0.2) is 4.79 Å². The third-order valence-electron chi connectivity index (χ3n) is 4.40. The molecule has 1 aromatic heterocycles. The van der Waals surface area contributed by atoms with E-state index in [0.29, 0.717) is 5.39 Å². The Bertz CT molecular complexity index is 1010. The standard InChI is InChI=1S/C19H15NO4/c21-14-6-1-11(2-7-14)12-3-8-15-17(9-12)20(13-4-5-13)10-16(18(15)22)19(23)24/h1-3,6-10,13,21H,4-5H2,(H,23,24). The fourth-order valence-corrected chi connectivity index (χ4v) is 2.99. The number of carboxylic acid groups (broad SMARTS) is 1. The van der Waals surface area contributed by atoms with Crippen LogP contribution in [0.3, 0.4) is 0 Å². The highest BCUT2D eigenvalue weighted by Gasteiger charge is 2.26. The monoisotopic (exact) mass is 321 g/mol. The van der Waals surface area contributed by atoms with Crippen molar-refractivity contribution in [3.63, 3.8) is 0 Å². The van der Waals surface area contributed by atoms with Gasteiger partial charge in [-0.1, -0.05) is 18.2 Å². The van der Waals surface area contributed by atoms with Gasteiger partial charge in [-0.05, 0) is 48.2 Å². The fourth-order valence-electron chi connectivity index (χ4n) is 2.99. The summed E-state index contributed by atoms with van der Waals surface area (Å²) in [6.45, 7) is 0. The normalized spacial score (nSPS) is 14.0. The van der Waals surface area contributed by atoms with Crippen LogP contribution in [0, 0.1) is 0 Å². The van der Waals surface area contributed by atoms with Crippen LogP contribution in [-0.4, -0.2) is 20.7 Å². The Kier molecular flexibility index (Phi) is 3.16. The van der Waals surface area contributed by atoms with E-state index < -0.39 is 11.4 Å². The van der Waals surface area contributed by atoms with Gasteiger partial charge in [-0.3, -0.25) is 4.79 Å². The molecule has 0 spiro atoms. The quantitative estimate of drug-likeness (QED) is 0.775. The van der Waals surface area contributed by atoms with Crippen LogP contribution in [0.25, 0.3) is 22.0 Å². The van der Waals surface area contributed by atoms with Crippen LogP contribution in [0.5, 0.6) is 5.75 Å².